The Morgan fingerprint density at radius 2 is 1.90 bits per heavy atom. The molecule has 1 aromatic heterocycles. The highest BCUT2D eigenvalue weighted by molar-refractivity contribution is 14.1. The van der Waals surface area contributed by atoms with E-state index in [1.54, 1.807) is 17.9 Å². The van der Waals surface area contributed by atoms with Gasteiger partial charge in [0, 0.05) is 47.4 Å². The lowest BCUT2D eigenvalue weighted by atomic mass is 10.0. The minimum Gasteiger partial charge on any atom is -0.367 e. The highest BCUT2D eigenvalue weighted by Gasteiger charge is 2.29. The molecule has 0 N–H and O–H groups in total. The van der Waals surface area contributed by atoms with Gasteiger partial charge in [0.25, 0.3) is 11.6 Å². The number of non-ortho nitro benzene ring substituents is 1. The number of hydrogen-bond donors (Lipinski definition) is 0. The van der Waals surface area contributed by atoms with Crippen molar-refractivity contribution in [2.45, 2.75) is 6.92 Å². The summed E-state index contributed by atoms with van der Waals surface area (Å²) in [5.74, 6) is 0.364. The first-order valence-corrected chi connectivity index (χ1v) is 11.0. The summed E-state index contributed by atoms with van der Waals surface area (Å²) < 4.78 is 6.36. The van der Waals surface area contributed by atoms with Gasteiger partial charge in [0.2, 0.25) is 0 Å². The Morgan fingerprint density at radius 3 is 2.55 bits per heavy atom. The largest absolute Gasteiger partial charge is 0.367 e. The summed E-state index contributed by atoms with van der Waals surface area (Å²) in [4.78, 5) is 27.6. The highest BCUT2D eigenvalue weighted by atomic mass is 127. The molecule has 31 heavy (non-hydrogen) atoms. The summed E-state index contributed by atoms with van der Waals surface area (Å²) in [6.07, 6.45) is 0. The molecule has 2 aromatic carbocycles. The molecule has 8 nitrogen and oxygen atoms in total. The van der Waals surface area contributed by atoms with Gasteiger partial charge in [-0.25, -0.2) is 0 Å². The van der Waals surface area contributed by atoms with Gasteiger partial charge in [-0.15, -0.1) is 0 Å². The molecule has 0 spiro atoms. The number of nitro benzene ring substituents is 1. The monoisotopic (exact) mass is 552 g/mol. The lowest BCUT2D eigenvalue weighted by Crippen LogP contribution is -2.49. The Balaban J connectivity index is 1.52. The first-order valence-electron chi connectivity index (χ1n) is 9.56. The van der Waals surface area contributed by atoms with Crippen LogP contribution in [0, 0.1) is 20.6 Å². The van der Waals surface area contributed by atoms with Crippen LogP contribution in [0.25, 0.3) is 11.3 Å². The minimum absolute atomic E-state index is 0.0476. The van der Waals surface area contributed by atoms with Crippen LogP contribution >= 0.6 is 34.2 Å². The van der Waals surface area contributed by atoms with Crippen molar-refractivity contribution >= 4 is 51.5 Å². The molecule has 3 aromatic rings. The van der Waals surface area contributed by atoms with Crippen LogP contribution in [0.2, 0.25) is 5.02 Å². The average molecular weight is 553 g/mol. The quantitative estimate of drug-likeness (QED) is 0.263. The predicted molar refractivity (Wildman–Crippen MR) is 126 cm³/mol. The second-order valence-corrected chi connectivity index (χ2v) is 8.68. The Morgan fingerprint density at radius 1 is 1.19 bits per heavy atom. The van der Waals surface area contributed by atoms with E-state index in [9.17, 15) is 14.9 Å². The van der Waals surface area contributed by atoms with E-state index in [1.807, 2.05) is 29.2 Å². The van der Waals surface area contributed by atoms with Gasteiger partial charge < -0.3 is 14.3 Å². The van der Waals surface area contributed by atoms with Crippen molar-refractivity contribution in [1.82, 2.24) is 10.1 Å². The van der Waals surface area contributed by atoms with Crippen molar-refractivity contribution in [3.8, 4) is 11.3 Å². The fraction of sp³-hybridized carbons (Fsp3) is 0.238. The van der Waals surface area contributed by atoms with Crippen molar-refractivity contribution in [2.24, 2.45) is 0 Å². The zero-order chi connectivity index (χ0) is 22.1. The number of aryl methyl sites for hydroxylation is 1. The van der Waals surface area contributed by atoms with Gasteiger partial charge in [0.1, 0.15) is 17.0 Å². The maximum absolute atomic E-state index is 13.3. The van der Waals surface area contributed by atoms with Gasteiger partial charge in [-0.05, 0) is 41.6 Å². The number of rotatable bonds is 4. The summed E-state index contributed by atoms with van der Waals surface area (Å²) in [6, 6.07) is 12.2. The number of anilines is 1. The van der Waals surface area contributed by atoms with Crippen molar-refractivity contribution in [2.75, 3.05) is 31.1 Å². The summed E-state index contributed by atoms with van der Waals surface area (Å²) in [5.41, 5.74) is 2.56. The van der Waals surface area contributed by atoms with E-state index in [-0.39, 0.29) is 11.6 Å². The van der Waals surface area contributed by atoms with E-state index in [1.165, 1.54) is 12.1 Å². The highest BCUT2D eigenvalue weighted by Crippen LogP contribution is 2.32. The summed E-state index contributed by atoms with van der Waals surface area (Å²) in [7, 11) is 0. The molecule has 1 aliphatic heterocycles. The Labute approximate surface area is 197 Å². The molecule has 1 fully saturated rings. The van der Waals surface area contributed by atoms with E-state index in [0.29, 0.717) is 48.2 Å². The van der Waals surface area contributed by atoms with Crippen LogP contribution in [0.5, 0.6) is 0 Å². The van der Waals surface area contributed by atoms with E-state index >= 15 is 0 Å². The standard InChI is InChI=1S/C21H18ClIN4O4/c1-13-19(20(24-31-13)15-4-2-3-5-17(15)23)21(28)26-10-8-25(9-11-26)18-7-6-14(27(29)30)12-16(18)22/h2-7,12H,8-11H2,1H3. The number of nitrogens with zero attached hydrogens (tertiary/aromatic N) is 4. The van der Waals surface area contributed by atoms with E-state index in [0.717, 1.165) is 14.8 Å². The van der Waals surface area contributed by atoms with Gasteiger partial charge in [0.15, 0.2) is 0 Å². The third-order valence-corrected chi connectivity index (χ3v) is 6.50. The summed E-state index contributed by atoms with van der Waals surface area (Å²) in [6.45, 7) is 3.84. The van der Waals surface area contributed by atoms with Crippen molar-refractivity contribution in [3.63, 3.8) is 0 Å². The van der Waals surface area contributed by atoms with Gasteiger partial charge in [-0.3, -0.25) is 14.9 Å². The number of nitro groups is 1. The van der Waals surface area contributed by atoms with Crippen LogP contribution in [0.3, 0.4) is 0 Å². The van der Waals surface area contributed by atoms with Crippen LogP contribution < -0.4 is 4.90 Å². The number of piperazine rings is 1. The molecular formula is C21H18ClIN4O4. The Kier molecular flexibility index (Phi) is 6.15. The lowest BCUT2D eigenvalue weighted by Gasteiger charge is -2.36. The molecule has 0 atom stereocenters. The van der Waals surface area contributed by atoms with Crippen LogP contribution in [-0.2, 0) is 0 Å². The maximum Gasteiger partial charge on any atom is 0.271 e. The molecule has 0 aliphatic carbocycles. The zero-order valence-corrected chi connectivity index (χ0v) is 19.5. The van der Waals surface area contributed by atoms with Gasteiger partial charge in [-0.1, -0.05) is 35.0 Å². The van der Waals surface area contributed by atoms with Gasteiger partial charge in [0.05, 0.1) is 15.6 Å². The second-order valence-electron chi connectivity index (χ2n) is 7.11. The van der Waals surface area contributed by atoms with Gasteiger partial charge in [-0.2, -0.15) is 0 Å². The smallest absolute Gasteiger partial charge is 0.271 e. The molecule has 0 bridgehead atoms. The number of carbonyl (C=O) groups excluding carboxylic acids is 1. The number of aromatic nitrogens is 1. The predicted octanol–water partition coefficient (Wildman–Crippen LogP) is 4.78. The van der Waals surface area contributed by atoms with E-state index in [2.05, 4.69) is 27.7 Å². The lowest BCUT2D eigenvalue weighted by molar-refractivity contribution is -0.384. The molecule has 0 radical (unpaired) electrons. The molecule has 4 rings (SSSR count). The zero-order valence-electron chi connectivity index (χ0n) is 16.5. The normalized spacial score (nSPS) is 14.0. The van der Waals surface area contributed by atoms with Crippen LogP contribution in [-0.4, -0.2) is 47.1 Å². The van der Waals surface area contributed by atoms with Crippen LogP contribution in [0.15, 0.2) is 47.0 Å². The van der Waals surface area contributed by atoms with Crippen LogP contribution in [0.1, 0.15) is 16.1 Å². The summed E-state index contributed by atoms with van der Waals surface area (Å²) in [5, 5.41) is 15.4. The number of halogens is 2. The Hall–Kier alpha value is -2.66. The third kappa shape index (κ3) is 4.24. The third-order valence-electron chi connectivity index (χ3n) is 5.26. The molecule has 0 unspecified atom stereocenters. The molecular weight excluding hydrogens is 535 g/mol. The fourth-order valence-electron chi connectivity index (χ4n) is 3.64. The molecule has 160 valence electrons. The van der Waals surface area contributed by atoms with Gasteiger partial charge >= 0.3 is 0 Å². The fourth-order valence-corrected chi connectivity index (χ4v) is 4.57. The second kappa shape index (κ2) is 8.83. The topological polar surface area (TPSA) is 92.7 Å². The van der Waals surface area contributed by atoms with Crippen LogP contribution in [0.4, 0.5) is 11.4 Å². The Bertz CT molecular complexity index is 1160. The minimum atomic E-state index is -0.473. The molecule has 0 saturated carbocycles. The van der Waals surface area contributed by atoms with Crippen molar-refractivity contribution in [1.29, 1.82) is 0 Å². The number of hydrogen-bond acceptors (Lipinski definition) is 6. The first-order chi connectivity index (χ1) is 14.9. The SMILES string of the molecule is Cc1onc(-c2ccccc2I)c1C(=O)N1CCN(c2ccc([N+](=O)[O-])cc2Cl)CC1. The maximum atomic E-state index is 13.3. The van der Waals surface area contributed by atoms with E-state index in [4.69, 9.17) is 16.1 Å². The molecule has 1 aliphatic rings. The van der Waals surface area contributed by atoms with Crippen molar-refractivity contribution < 1.29 is 14.2 Å². The number of amides is 1. The number of benzene rings is 2. The summed E-state index contributed by atoms with van der Waals surface area (Å²) >= 11 is 8.48. The molecule has 1 saturated heterocycles. The van der Waals surface area contributed by atoms with E-state index < -0.39 is 4.92 Å². The molecule has 1 amide bonds. The first kappa shape index (κ1) is 21.6. The van der Waals surface area contributed by atoms with Crippen molar-refractivity contribution in [3.05, 3.63) is 72.5 Å². The molecule has 10 heteroatoms. The number of carbonyl (C=O) groups is 1. The molecule has 2 heterocycles. The average Bonchev–Trinajstić information content (AvgIpc) is 3.14.